The number of hydrogen-bond acceptors (Lipinski definition) is 8. The number of hydrogen-bond donors (Lipinski definition) is 2. The Bertz CT molecular complexity index is 1990. The van der Waals surface area contributed by atoms with Crippen molar-refractivity contribution < 1.29 is 23.9 Å². The van der Waals surface area contributed by atoms with Crippen LogP contribution in [0.5, 0.6) is 5.75 Å². The minimum absolute atomic E-state index is 0.0789. The lowest BCUT2D eigenvalue weighted by Gasteiger charge is -2.37. The third kappa shape index (κ3) is 6.16. The number of ether oxygens (including phenoxy) is 2. The van der Waals surface area contributed by atoms with E-state index in [1.807, 2.05) is 49.9 Å². The van der Waals surface area contributed by atoms with Crippen molar-refractivity contribution in [2.75, 3.05) is 51.1 Å². The van der Waals surface area contributed by atoms with Crippen LogP contribution in [0.25, 0.3) is 11.1 Å². The Morgan fingerprint density at radius 3 is 2.51 bits per heavy atom. The summed E-state index contributed by atoms with van der Waals surface area (Å²) in [5.41, 5.74) is 6.11. The van der Waals surface area contributed by atoms with E-state index in [4.69, 9.17) is 21.1 Å². The monoisotopic (exact) mass is 683 g/mol. The van der Waals surface area contributed by atoms with Crippen LogP contribution in [0.2, 0.25) is 5.02 Å². The topological polar surface area (TPSA) is 131 Å². The van der Waals surface area contributed by atoms with Gasteiger partial charge in [-0.25, -0.2) is 4.98 Å². The molecule has 12 nitrogen and oxygen atoms in total. The van der Waals surface area contributed by atoms with Crippen molar-refractivity contribution >= 4 is 40.7 Å². The molecule has 0 atom stereocenters. The van der Waals surface area contributed by atoms with Crippen LogP contribution in [-0.2, 0) is 36.1 Å². The Morgan fingerprint density at radius 1 is 1.06 bits per heavy atom. The Morgan fingerprint density at radius 2 is 1.80 bits per heavy atom. The largest absolute Gasteiger partial charge is 0.496 e. The Kier molecular flexibility index (Phi) is 8.64. The maximum Gasteiger partial charge on any atom is 0.291 e. The van der Waals surface area contributed by atoms with E-state index >= 15 is 0 Å². The number of fused-ring (bicyclic) bond motifs is 1. The quantitative estimate of drug-likeness (QED) is 0.274. The zero-order chi connectivity index (χ0) is 34.4. The summed E-state index contributed by atoms with van der Waals surface area (Å²) in [6.45, 7) is 5.69. The van der Waals surface area contributed by atoms with Crippen LogP contribution in [0.15, 0.2) is 48.7 Å². The van der Waals surface area contributed by atoms with Crippen molar-refractivity contribution in [3.05, 3.63) is 87.7 Å². The molecule has 0 aliphatic carbocycles. The lowest BCUT2D eigenvalue weighted by atomic mass is 9.85. The fourth-order valence-corrected chi connectivity index (χ4v) is 7.21. The molecule has 2 aromatic carbocycles. The number of nitrogens with zero attached hydrogens (tertiary/aromatic N) is 5. The second-order valence-corrected chi connectivity index (χ2v) is 13.6. The molecule has 5 heterocycles. The van der Waals surface area contributed by atoms with Gasteiger partial charge in [-0.1, -0.05) is 35.9 Å². The van der Waals surface area contributed by atoms with Gasteiger partial charge in [0.2, 0.25) is 5.91 Å². The van der Waals surface area contributed by atoms with Crippen LogP contribution < -0.4 is 15.4 Å². The van der Waals surface area contributed by atoms with Crippen molar-refractivity contribution in [1.82, 2.24) is 24.3 Å². The Hall–Kier alpha value is -4.78. The zero-order valence-corrected chi connectivity index (χ0v) is 28.7. The lowest BCUT2D eigenvalue weighted by molar-refractivity contribution is -0.130. The van der Waals surface area contributed by atoms with Crippen LogP contribution in [-0.4, -0.2) is 82.5 Å². The normalized spacial score (nSPS) is 16.8. The lowest BCUT2D eigenvalue weighted by Crippen LogP contribution is -2.44. The summed E-state index contributed by atoms with van der Waals surface area (Å²) >= 11 is 6.92. The molecule has 4 aromatic rings. The maximum absolute atomic E-state index is 13.4. The zero-order valence-electron chi connectivity index (χ0n) is 27.9. The number of aromatic nitrogens is 3. The summed E-state index contributed by atoms with van der Waals surface area (Å²) < 4.78 is 12.8. The van der Waals surface area contributed by atoms with Crippen LogP contribution in [0.1, 0.15) is 50.0 Å². The summed E-state index contributed by atoms with van der Waals surface area (Å²) in [7, 11) is 5.44. The summed E-state index contributed by atoms with van der Waals surface area (Å²) in [4.78, 5) is 52.5. The highest BCUT2D eigenvalue weighted by Crippen LogP contribution is 2.40. The molecular formula is C36H38ClN7O5. The SMILES string of the molecule is COc1cc(C(=O)Nc2cccc(-c3cccc(NC(=O)c4nc5c(n4C)CCN(C)C5)c3Cl)c2C)ncc1CN1CC2(COC2)CC1=O. The minimum atomic E-state index is -0.413. The molecule has 2 fully saturated rings. The predicted molar refractivity (Wildman–Crippen MR) is 185 cm³/mol. The molecule has 2 saturated heterocycles. The first kappa shape index (κ1) is 32.8. The summed E-state index contributed by atoms with van der Waals surface area (Å²) in [6.07, 6.45) is 2.90. The molecule has 0 unspecified atom stereocenters. The summed E-state index contributed by atoms with van der Waals surface area (Å²) in [5, 5.41) is 6.29. The first-order valence-corrected chi connectivity index (χ1v) is 16.6. The molecule has 7 rings (SSSR count). The number of rotatable bonds is 8. The van der Waals surface area contributed by atoms with Crippen LogP contribution in [0, 0.1) is 12.3 Å². The molecule has 0 saturated carbocycles. The second kappa shape index (κ2) is 12.9. The van der Waals surface area contributed by atoms with E-state index in [1.165, 1.54) is 7.11 Å². The molecule has 3 aliphatic rings. The van der Waals surface area contributed by atoms with Crippen molar-refractivity contribution in [2.45, 2.75) is 32.9 Å². The van der Waals surface area contributed by atoms with E-state index in [1.54, 1.807) is 29.3 Å². The van der Waals surface area contributed by atoms with E-state index < -0.39 is 5.91 Å². The van der Waals surface area contributed by atoms with E-state index in [-0.39, 0.29) is 22.9 Å². The molecule has 2 aromatic heterocycles. The van der Waals surface area contributed by atoms with Gasteiger partial charge in [-0.2, -0.15) is 0 Å². The summed E-state index contributed by atoms with van der Waals surface area (Å²) in [5.74, 6) is 0.143. The number of carbonyl (C=O) groups excluding carboxylic acids is 3. The third-order valence-corrected chi connectivity index (χ3v) is 10.2. The minimum Gasteiger partial charge on any atom is -0.496 e. The van der Waals surface area contributed by atoms with Gasteiger partial charge in [-0.15, -0.1) is 0 Å². The number of anilines is 2. The number of nitrogens with one attached hydrogen (secondary N) is 2. The van der Waals surface area contributed by atoms with Crippen LogP contribution >= 0.6 is 11.6 Å². The van der Waals surface area contributed by atoms with Crippen molar-refractivity contribution in [3.63, 3.8) is 0 Å². The highest BCUT2D eigenvalue weighted by atomic mass is 35.5. The van der Waals surface area contributed by atoms with Gasteiger partial charge in [0.1, 0.15) is 11.4 Å². The van der Waals surface area contributed by atoms with E-state index in [0.717, 1.165) is 41.0 Å². The molecule has 254 valence electrons. The van der Waals surface area contributed by atoms with E-state index in [0.29, 0.717) is 72.8 Å². The Balaban J connectivity index is 1.07. The third-order valence-electron chi connectivity index (χ3n) is 9.75. The van der Waals surface area contributed by atoms with Crippen molar-refractivity contribution in [3.8, 4) is 16.9 Å². The van der Waals surface area contributed by atoms with Gasteiger partial charge in [-0.3, -0.25) is 19.4 Å². The Labute approximate surface area is 289 Å². The highest BCUT2D eigenvalue weighted by Gasteiger charge is 2.48. The smallest absolute Gasteiger partial charge is 0.291 e. The average Bonchev–Trinajstić information content (AvgIpc) is 3.59. The first-order chi connectivity index (χ1) is 23.6. The average molecular weight is 684 g/mol. The van der Waals surface area contributed by atoms with Gasteiger partial charge >= 0.3 is 0 Å². The standard InChI is InChI=1S/C36H38ClN7O5/c1-21-23(24-8-6-10-26(32(24)37)41-35(47)33-39-28-17-42(2)12-11-29(28)43(33)3)7-5-9-25(21)40-34(46)27-13-30(48-4)22(15-38-27)16-44-18-36(14-31(44)45)19-49-20-36/h5-10,13,15H,11-12,14,16-20H2,1-4H3,(H,40,46)(H,41,47). The van der Waals surface area contributed by atoms with Gasteiger partial charge in [0.05, 0.1) is 43.3 Å². The first-order valence-electron chi connectivity index (χ1n) is 16.2. The fraction of sp³-hybridized carbons (Fsp3) is 0.361. The van der Waals surface area contributed by atoms with Gasteiger partial charge in [-0.05, 0) is 37.2 Å². The predicted octanol–water partition coefficient (Wildman–Crippen LogP) is 4.69. The summed E-state index contributed by atoms with van der Waals surface area (Å²) in [6, 6.07) is 12.6. The molecule has 3 aliphatic heterocycles. The number of likely N-dealkylation sites (N-methyl/N-ethyl adjacent to an activating group) is 1. The molecule has 0 radical (unpaired) electrons. The number of benzene rings is 2. The van der Waals surface area contributed by atoms with Gasteiger partial charge < -0.3 is 34.5 Å². The fourth-order valence-electron chi connectivity index (χ4n) is 6.94. The molecule has 13 heteroatoms. The number of halogens is 1. The van der Waals surface area contributed by atoms with Crippen molar-refractivity contribution in [2.24, 2.45) is 12.5 Å². The number of carbonyl (C=O) groups is 3. The van der Waals surface area contributed by atoms with Gasteiger partial charge in [0, 0.05) is 79.7 Å². The number of likely N-dealkylation sites (tertiary alicyclic amines) is 1. The van der Waals surface area contributed by atoms with Crippen LogP contribution in [0.3, 0.4) is 0 Å². The van der Waals surface area contributed by atoms with Gasteiger partial charge in [0.15, 0.2) is 5.82 Å². The number of amides is 3. The second-order valence-electron chi connectivity index (χ2n) is 13.2. The molecular weight excluding hydrogens is 646 g/mol. The molecule has 2 N–H and O–H groups in total. The maximum atomic E-state index is 13.4. The number of imidazole rings is 1. The van der Waals surface area contributed by atoms with E-state index in [2.05, 4.69) is 25.5 Å². The number of methoxy groups -OCH3 is 1. The van der Waals surface area contributed by atoms with Crippen LogP contribution in [0.4, 0.5) is 11.4 Å². The number of pyridine rings is 1. The van der Waals surface area contributed by atoms with Crippen molar-refractivity contribution in [1.29, 1.82) is 0 Å². The molecule has 0 bridgehead atoms. The molecule has 49 heavy (non-hydrogen) atoms. The molecule has 3 amide bonds. The van der Waals surface area contributed by atoms with E-state index in [9.17, 15) is 14.4 Å². The highest BCUT2D eigenvalue weighted by molar-refractivity contribution is 6.36. The van der Waals surface area contributed by atoms with Gasteiger partial charge in [0.25, 0.3) is 11.8 Å². The molecule has 1 spiro atoms.